The second kappa shape index (κ2) is 10.1. The lowest BCUT2D eigenvalue weighted by Gasteiger charge is -2.36. The first-order valence-corrected chi connectivity index (χ1v) is 12.1. The molecule has 1 fully saturated rings. The van der Waals surface area contributed by atoms with E-state index in [1.807, 2.05) is 44.2 Å². The number of rotatable bonds is 6. The van der Waals surface area contributed by atoms with Crippen LogP contribution in [0.3, 0.4) is 0 Å². The Bertz CT molecular complexity index is 1170. The second-order valence-corrected chi connectivity index (χ2v) is 9.78. The maximum absolute atomic E-state index is 12.3. The molecule has 3 heterocycles. The number of amides is 1. The Morgan fingerprint density at radius 1 is 1.18 bits per heavy atom. The zero-order valence-electron chi connectivity index (χ0n) is 18.9. The van der Waals surface area contributed by atoms with E-state index in [1.54, 1.807) is 0 Å². The van der Waals surface area contributed by atoms with Crippen molar-refractivity contribution in [3.63, 3.8) is 0 Å². The first-order valence-electron chi connectivity index (χ1n) is 10.9. The minimum absolute atomic E-state index is 0.151. The number of aromatic nitrogens is 1. The topological polar surface area (TPSA) is 74.8 Å². The van der Waals surface area contributed by atoms with Crippen molar-refractivity contribution in [2.45, 2.75) is 20.4 Å². The number of halogens is 1. The molecule has 9 heteroatoms. The number of carbonyl (C=O) groups excluding carboxylic acids is 2. The van der Waals surface area contributed by atoms with E-state index in [2.05, 4.69) is 21.2 Å². The van der Waals surface area contributed by atoms with E-state index in [1.165, 1.54) is 18.4 Å². The molecule has 0 spiro atoms. The zero-order chi connectivity index (χ0) is 23.5. The predicted octanol–water partition coefficient (Wildman–Crippen LogP) is 4.65. The van der Waals surface area contributed by atoms with Crippen LogP contribution in [0.25, 0.3) is 10.2 Å². The molecule has 4 rings (SSSR count). The summed E-state index contributed by atoms with van der Waals surface area (Å²) in [5.74, 6) is -0.833. The van der Waals surface area contributed by atoms with E-state index >= 15 is 0 Å². The number of thiophene rings is 1. The van der Waals surface area contributed by atoms with Crippen molar-refractivity contribution < 1.29 is 14.3 Å². The number of fused-ring (bicyclic) bond motifs is 1. The molecule has 1 N–H and O–H groups in total. The van der Waals surface area contributed by atoms with Gasteiger partial charge in [0.1, 0.15) is 9.71 Å². The summed E-state index contributed by atoms with van der Waals surface area (Å²) >= 11 is 7.38. The summed E-state index contributed by atoms with van der Waals surface area (Å²) in [5.41, 5.74) is 2.56. The standard InChI is InChI=1S/C24H27ClN4O3S/c1-15(2)22(30)27-20-19-8-7-17(26-23(19)33-21(20)24(31)32-3)14-28-9-11-29(12-10-28)18-6-4-5-16(25)13-18/h4-8,13,15H,9-12,14H2,1-3H3,(H,27,30). The molecule has 7 nitrogen and oxygen atoms in total. The number of ether oxygens (including phenoxy) is 1. The third-order valence-corrected chi connectivity index (χ3v) is 7.00. The number of methoxy groups -OCH3 is 1. The molecule has 33 heavy (non-hydrogen) atoms. The Morgan fingerprint density at radius 3 is 2.61 bits per heavy atom. The smallest absolute Gasteiger partial charge is 0.350 e. The fraction of sp³-hybridized carbons (Fsp3) is 0.375. The Labute approximate surface area is 202 Å². The molecule has 0 aliphatic carbocycles. The van der Waals surface area contributed by atoms with Gasteiger partial charge in [-0.25, -0.2) is 9.78 Å². The maximum Gasteiger partial charge on any atom is 0.350 e. The largest absolute Gasteiger partial charge is 0.465 e. The number of esters is 1. The third kappa shape index (κ3) is 5.29. The summed E-state index contributed by atoms with van der Waals surface area (Å²) < 4.78 is 4.93. The molecule has 174 valence electrons. The summed E-state index contributed by atoms with van der Waals surface area (Å²) in [6.07, 6.45) is 0. The van der Waals surface area contributed by atoms with Gasteiger partial charge in [0.05, 0.1) is 18.5 Å². The van der Waals surface area contributed by atoms with Gasteiger partial charge in [-0.1, -0.05) is 31.5 Å². The average Bonchev–Trinajstić information content (AvgIpc) is 3.16. The van der Waals surface area contributed by atoms with Crippen molar-refractivity contribution in [2.24, 2.45) is 5.92 Å². The lowest BCUT2D eigenvalue weighted by Crippen LogP contribution is -2.46. The molecule has 0 unspecified atom stereocenters. The summed E-state index contributed by atoms with van der Waals surface area (Å²) in [7, 11) is 1.34. The highest BCUT2D eigenvalue weighted by Crippen LogP contribution is 2.36. The molecular weight excluding hydrogens is 460 g/mol. The van der Waals surface area contributed by atoms with Crippen molar-refractivity contribution in [2.75, 3.05) is 43.5 Å². The van der Waals surface area contributed by atoms with E-state index in [9.17, 15) is 9.59 Å². The molecule has 0 saturated carbocycles. The summed E-state index contributed by atoms with van der Waals surface area (Å²) in [6, 6.07) is 11.8. The number of carbonyl (C=O) groups is 2. The van der Waals surface area contributed by atoms with Gasteiger partial charge >= 0.3 is 5.97 Å². The van der Waals surface area contributed by atoms with E-state index in [0.717, 1.165) is 54.5 Å². The van der Waals surface area contributed by atoms with Gasteiger partial charge in [-0.3, -0.25) is 9.69 Å². The van der Waals surface area contributed by atoms with Gasteiger partial charge in [-0.15, -0.1) is 11.3 Å². The van der Waals surface area contributed by atoms with Gasteiger partial charge in [0, 0.05) is 54.7 Å². The highest BCUT2D eigenvalue weighted by Gasteiger charge is 2.23. The van der Waals surface area contributed by atoms with Crippen LogP contribution in [-0.2, 0) is 16.1 Å². The van der Waals surface area contributed by atoms with Crippen LogP contribution in [0.5, 0.6) is 0 Å². The number of nitrogens with zero attached hydrogens (tertiary/aromatic N) is 3. The minimum atomic E-state index is -0.476. The highest BCUT2D eigenvalue weighted by atomic mass is 35.5. The van der Waals surface area contributed by atoms with E-state index in [4.69, 9.17) is 21.3 Å². The Kier molecular flexibility index (Phi) is 7.17. The quantitative estimate of drug-likeness (QED) is 0.511. The van der Waals surface area contributed by atoms with Crippen molar-refractivity contribution in [3.8, 4) is 0 Å². The van der Waals surface area contributed by atoms with Crippen LogP contribution in [0.15, 0.2) is 36.4 Å². The first-order chi connectivity index (χ1) is 15.9. The molecule has 1 aliphatic heterocycles. The molecule has 0 atom stereocenters. The summed E-state index contributed by atoms with van der Waals surface area (Å²) in [5, 5.41) is 4.38. The number of hydrogen-bond donors (Lipinski definition) is 1. The second-order valence-electron chi connectivity index (χ2n) is 8.34. The Hall–Kier alpha value is -2.68. The number of anilines is 2. The number of benzene rings is 1. The molecule has 0 radical (unpaired) electrons. The number of pyridine rings is 1. The lowest BCUT2D eigenvalue weighted by atomic mass is 10.2. The first kappa shape index (κ1) is 23.5. The minimum Gasteiger partial charge on any atom is -0.465 e. The normalized spacial score (nSPS) is 14.6. The van der Waals surface area contributed by atoms with Crippen molar-refractivity contribution in [1.29, 1.82) is 0 Å². The fourth-order valence-electron chi connectivity index (χ4n) is 3.80. The van der Waals surface area contributed by atoms with E-state index in [0.29, 0.717) is 15.4 Å². The molecular formula is C24H27ClN4O3S. The molecule has 1 amide bonds. The maximum atomic E-state index is 12.3. The molecule has 0 bridgehead atoms. The van der Waals surface area contributed by atoms with Gasteiger partial charge in [-0.05, 0) is 30.3 Å². The van der Waals surface area contributed by atoms with Crippen LogP contribution in [0, 0.1) is 5.92 Å². The van der Waals surface area contributed by atoms with Crippen LogP contribution in [0.4, 0.5) is 11.4 Å². The molecule has 2 aromatic heterocycles. The van der Waals surface area contributed by atoms with E-state index < -0.39 is 5.97 Å². The molecule has 1 aliphatic rings. The summed E-state index contributed by atoms with van der Waals surface area (Å²) in [6.45, 7) is 8.01. The van der Waals surface area contributed by atoms with Crippen LogP contribution < -0.4 is 10.2 Å². The number of hydrogen-bond acceptors (Lipinski definition) is 7. The third-order valence-electron chi connectivity index (χ3n) is 5.69. The fourth-order valence-corrected chi connectivity index (χ4v) is 5.05. The van der Waals surface area contributed by atoms with Crippen LogP contribution in [0.1, 0.15) is 29.2 Å². The highest BCUT2D eigenvalue weighted by molar-refractivity contribution is 7.21. The van der Waals surface area contributed by atoms with Gasteiger partial charge in [0.2, 0.25) is 5.91 Å². The number of piperazine rings is 1. The molecule has 1 aromatic carbocycles. The van der Waals surface area contributed by atoms with Gasteiger partial charge in [-0.2, -0.15) is 0 Å². The van der Waals surface area contributed by atoms with Crippen molar-refractivity contribution in [1.82, 2.24) is 9.88 Å². The number of nitrogens with one attached hydrogen (secondary N) is 1. The van der Waals surface area contributed by atoms with Crippen LogP contribution >= 0.6 is 22.9 Å². The SMILES string of the molecule is COC(=O)c1sc2nc(CN3CCN(c4cccc(Cl)c4)CC3)ccc2c1NC(=O)C(C)C. The van der Waals surface area contributed by atoms with Crippen LogP contribution in [0.2, 0.25) is 5.02 Å². The monoisotopic (exact) mass is 486 g/mol. The van der Waals surface area contributed by atoms with Crippen molar-refractivity contribution >= 4 is 56.4 Å². The van der Waals surface area contributed by atoms with Gasteiger partial charge in [0.15, 0.2) is 0 Å². The summed E-state index contributed by atoms with van der Waals surface area (Å²) in [4.78, 5) is 35.2. The Morgan fingerprint density at radius 2 is 1.94 bits per heavy atom. The van der Waals surface area contributed by atoms with Gasteiger partial charge in [0.25, 0.3) is 0 Å². The van der Waals surface area contributed by atoms with E-state index in [-0.39, 0.29) is 11.8 Å². The molecule has 3 aromatic rings. The van der Waals surface area contributed by atoms with Gasteiger partial charge < -0.3 is 15.0 Å². The van der Waals surface area contributed by atoms with Crippen molar-refractivity contribution in [3.05, 3.63) is 52.0 Å². The average molecular weight is 487 g/mol. The Balaban J connectivity index is 1.49. The predicted molar refractivity (Wildman–Crippen MR) is 133 cm³/mol. The zero-order valence-corrected chi connectivity index (χ0v) is 20.5. The van der Waals surface area contributed by atoms with Crippen LogP contribution in [-0.4, -0.2) is 55.0 Å². The lowest BCUT2D eigenvalue weighted by molar-refractivity contribution is -0.118. The molecule has 1 saturated heterocycles.